The van der Waals surface area contributed by atoms with Gasteiger partial charge in [-0.05, 0) is 59.8 Å². The van der Waals surface area contributed by atoms with Crippen LogP contribution in [0, 0.1) is 0 Å². The maximum Gasteiger partial charge on any atom is 0.353 e. The topological polar surface area (TPSA) is 77.0 Å². The molecule has 0 saturated heterocycles. The third kappa shape index (κ3) is 6.27. The normalized spacial score (nSPS) is 10.7. The Morgan fingerprint density at radius 1 is 1.13 bits per heavy atom. The monoisotopic (exact) mass is 486 g/mol. The molecule has 0 bridgehead atoms. The summed E-state index contributed by atoms with van der Waals surface area (Å²) in [4.78, 5) is 24.7. The summed E-state index contributed by atoms with van der Waals surface area (Å²) in [6.07, 6.45) is 1.74. The molecule has 0 atom stereocenters. The van der Waals surface area contributed by atoms with Crippen molar-refractivity contribution in [2.45, 2.75) is 13.3 Å². The van der Waals surface area contributed by atoms with Crippen LogP contribution in [0.4, 0.5) is 0 Å². The fourth-order valence-electron chi connectivity index (χ4n) is 2.51. The Bertz CT molecular complexity index is 1030. The summed E-state index contributed by atoms with van der Waals surface area (Å²) in [7, 11) is 0. The van der Waals surface area contributed by atoms with Gasteiger partial charge in [-0.2, -0.15) is 5.10 Å². The molecule has 2 aromatic carbocycles. The minimum Gasteiger partial charge on any atom is -0.490 e. The molecular formula is C22H19BrN2O4S. The maximum atomic E-state index is 12.2. The predicted octanol–water partition coefficient (Wildman–Crippen LogP) is 4.82. The summed E-state index contributed by atoms with van der Waals surface area (Å²) in [6.45, 7) is 2.25. The average Bonchev–Trinajstić information content (AvgIpc) is 3.27. The van der Waals surface area contributed by atoms with Crippen LogP contribution in [0.5, 0.6) is 11.5 Å². The summed E-state index contributed by atoms with van der Waals surface area (Å²) in [6, 6.07) is 16.1. The lowest BCUT2D eigenvalue weighted by atomic mass is 10.1. The van der Waals surface area contributed by atoms with Gasteiger partial charge in [-0.25, -0.2) is 10.2 Å². The minimum atomic E-state index is -0.437. The van der Waals surface area contributed by atoms with Gasteiger partial charge in [0.2, 0.25) is 5.91 Å². The number of nitrogens with one attached hydrogen (secondary N) is 1. The molecule has 1 amide bonds. The van der Waals surface area contributed by atoms with Crippen molar-refractivity contribution in [1.82, 2.24) is 5.43 Å². The van der Waals surface area contributed by atoms with Gasteiger partial charge in [0.1, 0.15) is 4.88 Å². The summed E-state index contributed by atoms with van der Waals surface area (Å²) < 4.78 is 12.0. The lowest BCUT2D eigenvalue weighted by Crippen LogP contribution is -2.19. The molecule has 0 aliphatic heterocycles. The van der Waals surface area contributed by atoms with Crippen molar-refractivity contribution in [2.75, 3.05) is 6.61 Å². The van der Waals surface area contributed by atoms with Crippen LogP contribution in [0.15, 0.2) is 69.6 Å². The van der Waals surface area contributed by atoms with Gasteiger partial charge in [0.05, 0.1) is 19.2 Å². The first-order valence-corrected chi connectivity index (χ1v) is 10.8. The number of carbonyl (C=O) groups is 2. The van der Waals surface area contributed by atoms with E-state index in [0.29, 0.717) is 28.5 Å². The van der Waals surface area contributed by atoms with Crippen molar-refractivity contribution >= 4 is 45.4 Å². The Labute approximate surface area is 186 Å². The highest BCUT2D eigenvalue weighted by Crippen LogP contribution is 2.29. The minimum absolute atomic E-state index is 0.222. The highest BCUT2D eigenvalue weighted by Gasteiger charge is 2.14. The second kappa shape index (κ2) is 10.7. The third-order valence-corrected chi connectivity index (χ3v) is 5.25. The van der Waals surface area contributed by atoms with Gasteiger partial charge < -0.3 is 9.47 Å². The second-order valence-electron chi connectivity index (χ2n) is 6.10. The molecule has 1 N–H and O–H groups in total. The molecule has 3 rings (SSSR count). The van der Waals surface area contributed by atoms with Gasteiger partial charge in [-0.3, -0.25) is 4.79 Å². The lowest BCUT2D eigenvalue weighted by Gasteiger charge is -2.10. The molecule has 0 aliphatic rings. The zero-order valence-corrected chi connectivity index (χ0v) is 18.5. The van der Waals surface area contributed by atoms with Gasteiger partial charge in [0, 0.05) is 4.47 Å². The van der Waals surface area contributed by atoms with Crippen molar-refractivity contribution in [3.63, 3.8) is 0 Å². The van der Waals surface area contributed by atoms with E-state index in [-0.39, 0.29) is 12.3 Å². The average molecular weight is 487 g/mol. The van der Waals surface area contributed by atoms with Crippen molar-refractivity contribution in [3.8, 4) is 11.5 Å². The van der Waals surface area contributed by atoms with Gasteiger partial charge in [-0.15, -0.1) is 11.3 Å². The van der Waals surface area contributed by atoms with Crippen LogP contribution in [0.25, 0.3) is 0 Å². The fraction of sp³-hybridized carbons (Fsp3) is 0.136. The number of hydrogen-bond donors (Lipinski definition) is 1. The zero-order chi connectivity index (χ0) is 21.3. The van der Waals surface area contributed by atoms with E-state index in [1.165, 1.54) is 17.6 Å². The maximum absolute atomic E-state index is 12.2. The van der Waals surface area contributed by atoms with E-state index in [9.17, 15) is 9.59 Å². The number of rotatable bonds is 8. The van der Waals surface area contributed by atoms with Crippen LogP contribution in [-0.2, 0) is 11.2 Å². The summed E-state index contributed by atoms with van der Waals surface area (Å²) in [5, 5.41) is 5.80. The van der Waals surface area contributed by atoms with E-state index in [2.05, 4.69) is 26.5 Å². The number of ether oxygens (including phenoxy) is 2. The number of nitrogens with zero attached hydrogens (tertiary/aromatic N) is 1. The molecule has 30 heavy (non-hydrogen) atoms. The Balaban J connectivity index is 1.62. The molecule has 3 aromatic rings. The summed E-state index contributed by atoms with van der Waals surface area (Å²) >= 11 is 4.67. The van der Waals surface area contributed by atoms with Crippen LogP contribution < -0.4 is 14.9 Å². The molecule has 6 nitrogen and oxygen atoms in total. The fourth-order valence-corrected chi connectivity index (χ4v) is 3.37. The molecule has 1 aromatic heterocycles. The van der Waals surface area contributed by atoms with Crippen molar-refractivity contribution < 1.29 is 19.1 Å². The number of amides is 1. The van der Waals surface area contributed by atoms with Crippen molar-refractivity contribution in [2.24, 2.45) is 5.10 Å². The third-order valence-electron chi connectivity index (χ3n) is 3.87. The predicted molar refractivity (Wildman–Crippen MR) is 120 cm³/mol. The highest BCUT2D eigenvalue weighted by atomic mass is 79.9. The van der Waals surface area contributed by atoms with Gasteiger partial charge in [0.15, 0.2) is 11.5 Å². The molecule has 8 heteroatoms. The Morgan fingerprint density at radius 2 is 1.93 bits per heavy atom. The van der Waals surface area contributed by atoms with E-state index in [1.807, 2.05) is 36.6 Å². The van der Waals surface area contributed by atoms with E-state index in [4.69, 9.17) is 9.47 Å². The number of hydrogen-bond acceptors (Lipinski definition) is 6. The van der Waals surface area contributed by atoms with Crippen LogP contribution in [-0.4, -0.2) is 24.7 Å². The van der Waals surface area contributed by atoms with Gasteiger partial charge in [0.25, 0.3) is 0 Å². The SMILES string of the molecule is CCOc1cc(C=NNC(=O)Cc2ccc(Br)cc2)ccc1OC(=O)c1cccs1. The molecule has 0 saturated carbocycles. The van der Waals surface area contributed by atoms with Gasteiger partial charge >= 0.3 is 5.97 Å². The molecule has 0 spiro atoms. The summed E-state index contributed by atoms with van der Waals surface area (Å²) in [5.74, 6) is 0.0897. The summed E-state index contributed by atoms with van der Waals surface area (Å²) in [5.41, 5.74) is 4.09. The van der Waals surface area contributed by atoms with Crippen LogP contribution >= 0.6 is 27.3 Å². The van der Waals surface area contributed by atoms with Crippen LogP contribution in [0.2, 0.25) is 0 Å². The molecular weight excluding hydrogens is 468 g/mol. The highest BCUT2D eigenvalue weighted by molar-refractivity contribution is 9.10. The molecule has 0 radical (unpaired) electrons. The quantitative estimate of drug-likeness (QED) is 0.214. The first kappa shape index (κ1) is 21.7. The molecule has 0 unspecified atom stereocenters. The Kier molecular flexibility index (Phi) is 7.75. The Hall–Kier alpha value is -2.97. The lowest BCUT2D eigenvalue weighted by molar-refractivity contribution is -0.120. The number of thiophene rings is 1. The van der Waals surface area contributed by atoms with Crippen LogP contribution in [0.1, 0.15) is 27.7 Å². The number of halogens is 1. The molecule has 1 heterocycles. The van der Waals surface area contributed by atoms with Crippen LogP contribution in [0.3, 0.4) is 0 Å². The van der Waals surface area contributed by atoms with Crippen molar-refractivity contribution in [3.05, 3.63) is 80.5 Å². The second-order valence-corrected chi connectivity index (χ2v) is 7.97. The largest absolute Gasteiger partial charge is 0.490 e. The smallest absolute Gasteiger partial charge is 0.353 e. The van der Waals surface area contributed by atoms with E-state index >= 15 is 0 Å². The number of esters is 1. The van der Waals surface area contributed by atoms with E-state index in [1.54, 1.807) is 30.3 Å². The first-order valence-electron chi connectivity index (χ1n) is 9.14. The Morgan fingerprint density at radius 3 is 2.63 bits per heavy atom. The van der Waals surface area contributed by atoms with E-state index < -0.39 is 5.97 Å². The number of carbonyl (C=O) groups excluding carboxylic acids is 2. The molecule has 0 aliphatic carbocycles. The first-order chi connectivity index (χ1) is 14.5. The number of hydrazone groups is 1. The number of benzene rings is 2. The molecule has 154 valence electrons. The van der Waals surface area contributed by atoms with Gasteiger partial charge in [-0.1, -0.05) is 34.1 Å². The molecule has 0 fully saturated rings. The van der Waals surface area contributed by atoms with E-state index in [0.717, 1.165) is 10.0 Å². The standard InChI is InChI=1S/C22H19BrN2O4S/c1-2-28-19-12-16(7-10-18(19)29-22(27)20-4-3-11-30-20)14-24-25-21(26)13-15-5-8-17(23)9-6-15/h3-12,14H,2,13H2,1H3,(H,25,26). The zero-order valence-electron chi connectivity index (χ0n) is 16.1. The van der Waals surface area contributed by atoms with Crippen molar-refractivity contribution in [1.29, 1.82) is 0 Å².